The molecule has 0 saturated heterocycles. The predicted molar refractivity (Wildman–Crippen MR) is 73.8 cm³/mol. The molecular formula is C12H12Cl2N2S. The van der Waals surface area contributed by atoms with E-state index in [1.807, 2.05) is 42.1 Å². The number of rotatable bonds is 4. The third-order valence-electron chi connectivity index (χ3n) is 2.49. The van der Waals surface area contributed by atoms with Gasteiger partial charge in [0.25, 0.3) is 0 Å². The monoisotopic (exact) mass is 286 g/mol. The van der Waals surface area contributed by atoms with E-state index in [4.69, 9.17) is 23.2 Å². The van der Waals surface area contributed by atoms with Crippen LogP contribution in [0.1, 0.15) is 11.3 Å². The Hall–Kier alpha value is -0.640. The van der Waals surface area contributed by atoms with Gasteiger partial charge in [0.1, 0.15) is 0 Å². The van der Waals surface area contributed by atoms with Crippen molar-refractivity contribution in [1.29, 1.82) is 0 Å². The smallest absolute Gasteiger partial charge is 0.168 e. The normalized spacial score (nSPS) is 10.8. The van der Waals surface area contributed by atoms with Gasteiger partial charge in [0, 0.05) is 17.8 Å². The highest BCUT2D eigenvalue weighted by molar-refractivity contribution is 7.98. The Bertz CT molecular complexity index is 511. The van der Waals surface area contributed by atoms with Crippen molar-refractivity contribution in [3.8, 4) is 0 Å². The summed E-state index contributed by atoms with van der Waals surface area (Å²) in [7, 11) is 1.97. The van der Waals surface area contributed by atoms with Gasteiger partial charge in [-0.3, -0.25) is 0 Å². The number of hydrogen-bond acceptors (Lipinski definition) is 2. The summed E-state index contributed by atoms with van der Waals surface area (Å²) in [6, 6.07) is 7.86. The minimum atomic E-state index is 0.482. The third kappa shape index (κ3) is 2.97. The second kappa shape index (κ2) is 5.80. The summed E-state index contributed by atoms with van der Waals surface area (Å²) in [6.45, 7) is 0. The molecule has 0 radical (unpaired) electrons. The van der Waals surface area contributed by atoms with Gasteiger partial charge in [-0.15, -0.1) is 11.6 Å². The van der Waals surface area contributed by atoms with E-state index >= 15 is 0 Å². The number of thioether (sulfide) groups is 1. The first-order valence-electron chi connectivity index (χ1n) is 5.15. The molecule has 90 valence electrons. The molecule has 1 aromatic heterocycles. The van der Waals surface area contributed by atoms with E-state index in [-0.39, 0.29) is 0 Å². The summed E-state index contributed by atoms with van der Waals surface area (Å²) < 4.78 is 2.01. The maximum Gasteiger partial charge on any atom is 0.168 e. The average Bonchev–Trinajstić information content (AvgIpc) is 2.69. The molecule has 0 aliphatic heterocycles. The molecule has 0 spiro atoms. The topological polar surface area (TPSA) is 17.8 Å². The van der Waals surface area contributed by atoms with Crippen LogP contribution in [-0.4, -0.2) is 9.55 Å². The lowest BCUT2D eigenvalue weighted by Crippen LogP contribution is -1.95. The van der Waals surface area contributed by atoms with Gasteiger partial charge in [0.2, 0.25) is 0 Å². The van der Waals surface area contributed by atoms with E-state index in [1.54, 1.807) is 11.8 Å². The first-order chi connectivity index (χ1) is 8.22. The van der Waals surface area contributed by atoms with Gasteiger partial charge in [-0.1, -0.05) is 41.6 Å². The molecule has 0 saturated carbocycles. The van der Waals surface area contributed by atoms with Gasteiger partial charge in [-0.05, 0) is 11.6 Å². The number of alkyl halides is 1. The largest absolute Gasteiger partial charge is 0.325 e. The number of hydrogen-bond donors (Lipinski definition) is 0. The highest BCUT2D eigenvalue weighted by Crippen LogP contribution is 2.26. The summed E-state index contributed by atoms with van der Waals surface area (Å²) in [5.74, 6) is 1.29. The standard InChI is InChI=1S/C12H12Cl2N2S/c1-16-10(6-13)7-15-12(16)17-8-9-4-2-3-5-11(9)14/h2-5,7H,6,8H2,1H3. The van der Waals surface area contributed by atoms with E-state index < -0.39 is 0 Å². The summed E-state index contributed by atoms with van der Waals surface area (Å²) >= 11 is 13.6. The first-order valence-corrected chi connectivity index (χ1v) is 7.05. The van der Waals surface area contributed by atoms with Crippen LogP contribution in [-0.2, 0) is 18.7 Å². The van der Waals surface area contributed by atoms with E-state index in [9.17, 15) is 0 Å². The maximum absolute atomic E-state index is 6.10. The van der Waals surface area contributed by atoms with Crippen molar-refractivity contribution in [2.75, 3.05) is 0 Å². The molecule has 0 atom stereocenters. The van der Waals surface area contributed by atoms with Crippen molar-refractivity contribution >= 4 is 35.0 Å². The van der Waals surface area contributed by atoms with Gasteiger partial charge < -0.3 is 4.57 Å². The molecule has 1 aromatic carbocycles. The molecule has 0 bridgehead atoms. The van der Waals surface area contributed by atoms with Gasteiger partial charge >= 0.3 is 0 Å². The fourth-order valence-corrected chi connectivity index (χ4v) is 2.95. The van der Waals surface area contributed by atoms with Gasteiger partial charge in [0.05, 0.1) is 17.8 Å². The Morgan fingerprint density at radius 2 is 2.12 bits per heavy atom. The van der Waals surface area contributed by atoms with Crippen molar-refractivity contribution < 1.29 is 0 Å². The summed E-state index contributed by atoms with van der Waals surface area (Å²) in [4.78, 5) is 4.33. The molecule has 0 unspecified atom stereocenters. The Balaban J connectivity index is 2.07. The van der Waals surface area contributed by atoms with Crippen molar-refractivity contribution in [1.82, 2.24) is 9.55 Å². The SMILES string of the molecule is Cn1c(CCl)cnc1SCc1ccccc1Cl. The van der Waals surface area contributed by atoms with E-state index in [2.05, 4.69) is 4.98 Å². The van der Waals surface area contributed by atoms with Crippen LogP contribution in [0.5, 0.6) is 0 Å². The van der Waals surface area contributed by atoms with Crippen LogP contribution in [0.4, 0.5) is 0 Å². The Morgan fingerprint density at radius 1 is 1.35 bits per heavy atom. The second-order valence-electron chi connectivity index (χ2n) is 3.60. The minimum Gasteiger partial charge on any atom is -0.325 e. The van der Waals surface area contributed by atoms with Crippen LogP contribution < -0.4 is 0 Å². The van der Waals surface area contributed by atoms with Crippen molar-refractivity contribution in [2.24, 2.45) is 7.05 Å². The number of imidazole rings is 1. The zero-order valence-electron chi connectivity index (χ0n) is 9.36. The van der Waals surface area contributed by atoms with E-state index in [0.717, 1.165) is 27.2 Å². The molecule has 0 N–H and O–H groups in total. The molecular weight excluding hydrogens is 275 g/mol. The Kier molecular flexibility index (Phi) is 4.37. The van der Waals surface area contributed by atoms with Crippen LogP contribution in [0.25, 0.3) is 0 Å². The van der Waals surface area contributed by atoms with Gasteiger partial charge in [0.15, 0.2) is 5.16 Å². The highest BCUT2D eigenvalue weighted by atomic mass is 35.5. The molecule has 0 aliphatic rings. The number of nitrogens with zero attached hydrogens (tertiary/aromatic N) is 2. The number of benzene rings is 1. The fraction of sp³-hybridized carbons (Fsp3) is 0.250. The predicted octanol–water partition coefficient (Wildman–Crippen LogP) is 4.10. The fourth-order valence-electron chi connectivity index (χ4n) is 1.44. The van der Waals surface area contributed by atoms with Gasteiger partial charge in [-0.25, -0.2) is 4.98 Å². The van der Waals surface area contributed by atoms with Crippen LogP contribution in [0, 0.1) is 0 Å². The summed E-state index contributed by atoms with van der Waals surface area (Å²) in [6.07, 6.45) is 1.81. The zero-order chi connectivity index (χ0) is 12.3. The lowest BCUT2D eigenvalue weighted by Gasteiger charge is -2.05. The Morgan fingerprint density at radius 3 is 2.76 bits per heavy atom. The van der Waals surface area contributed by atoms with Gasteiger partial charge in [-0.2, -0.15) is 0 Å². The van der Waals surface area contributed by atoms with E-state index in [1.165, 1.54) is 0 Å². The first kappa shape index (κ1) is 12.8. The Labute approximate surface area is 115 Å². The third-order valence-corrected chi connectivity index (χ3v) is 4.23. The number of aromatic nitrogens is 2. The van der Waals surface area contributed by atoms with Crippen LogP contribution in [0.3, 0.4) is 0 Å². The lowest BCUT2D eigenvalue weighted by atomic mass is 10.2. The molecule has 2 aromatic rings. The molecule has 2 rings (SSSR count). The minimum absolute atomic E-state index is 0.482. The highest BCUT2D eigenvalue weighted by Gasteiger charge is 2.07. The molecule has 2 nitrogen and oxygen atoms in total. The number of halogens is 2. The molecule has 0 aliphatic carbocycles. The van der Waals surface area contributed by atoms with Crippen molar-refractivity contribution in [3.05, 3.63) is 46.7 Å². The van der Waals surface area contributed by atoms with Crippen LogP contribution in [0.2, 0.25) is 5.02 Å². The molecule has 0 amide bonds. The quantitative estimate of drug-likeness (QED) is 0.622. The molecule has 1 heterocycles. The lowest BCUT2D eigenvalue weighted by molar-refractivity contribution is 0.761. The van der Waals surface area contributed by atoms with Crippen molar-refractivity contribution in [2.45, 2.75) is 16.8 Å². The second-order valence-corrected chi connectivity index (χ2v) is 5.22. The molecule has 17 heavy (non-hydrogen) atoms. The summed E-state index contributed by atoms with van der Waals surface area (Å²) in [5.41, 5.74) is 2.14. The average molecular weight is 287 g/mol. The summed E-state index contributed by atoms with van der Waals surface area (Å²) in [5, 5.41) is 1.76. The maximum atomic E-state index is 6.10. The van der Waals surface area contributed by atoms with Crippen LogP contribution >= 0.6 is 35.0 Å². The van der Waals surface area contributed by atoms with Crippen molar-refractivity contribution in [3.63, 3.8) is 0 Å². The van der Waals surface area contributed by atoms with Crippen LogP contribution in [0.15, 0.2) is 35.6 Å². The molecule has 0 fully saturated rings. The zero-order valence-corrected chi connectivity index (χ0v) is 11.7. The van der Waals surface area contributed by atoms with E-state index in [0.29, 0.717) is 5.88 Å². The molecule has 5 heteroatoms.